The Hall–Kier alpha value is -2.44. The van der Waals surface area contributed by atoms with Crippen LogP contribution >= 0.6 is 0 Å². The molecule has 1 atom stereocenters. The average molecular weight is 353 g/mol. The summed E-state index contributed by atoms with van der Waals surface area (Å²) >= 11 is 0. The van der Waals surface area contributed by atoms with Crippen LogP contribution in [-0.2, 0) is 30.3 Å². The van der Waals surface area contributed by atoms with Crippen molar-refractivity contribution in [3.05, 3.63) is 35.6 Å². The topological polar surface area (TPSA) is 81.7 Å². The number of ether oxygens (including phenoxy) is 2. The molecule has 0 fully saturated rings. The van der Waals surface area contributed by atoms with Crippen molar-refractivity contribution in [1.29, 1.82) is 0 Å². The number of carbonyl (C=O) groups excluding carboxylic acids is 3. The Morgan fingerprint density at radius 1 is 1.16 bits per heavy atom. The molecule has 0 saturated carbocycles. The zero-order valence-corrected chi connectivity index (χ0v) is 14.9. The molecular formula is C18H24FNO5. The largest absolute Gasteiger partial charge is 0.467 e. The van der Waals surface area contributed by atoms with Crippen LogP contribution in [0.15, 0.2) is 24.3 Å². The third kappa shape index (κ3) is 8.28. The molecule has 6 nitrogen and oxygen atoms in total. The number of benzene rings is 1. The highest BCUT2D eigenvalue weighted by Gasteiger charge is 2.24. The van der Waals surface area contributed by atoms with Crippen LogP contribution in [0.3, 0.4) is 0 Å². The van der Waals surface area contributed by atoms with Crippen molar-refractivity contribution in [3.63, 3.8) is 0 Å². The molecule has 0 radical (unpaired) electrons. The predicted octanol–water partition coefficient (Wildman–Crippen LogP) is 2.15. The second-order valence-corrected chi connectivity index (χ2v) is 6.57. The number of halogens is 1. The van der Waals surface area contributed by atoms with Crippen LogP contribution < -0.4 is 5.32 Å². The van der Waals surface area contributed by atoms with Gasteiger partial charge in [0.1, 0.15) is 17.5 Å². The maximum atomic E-state index is 12.9. The molecule has 1 aromatic rings. The van der Waals surface area contributed by atoms with Gasteiger partial charge in [0, 0.05) is 6.42 Å². The van der Waals surface area contributed by atoms with E-state index in [1.165, 1.54) is 31.4 Å². The smallest absolute Gasteiger partial charge is 0.328 e. The number of methoxy groups -OCH3 is 1. The second kappa shape index (κ2) is 9.15. The van der Waals surface area contributed by atoms with Crippen molar-refractivity contribution in [2.75, 3.05) is 7.11 Å². The van der Waals surface area contributed by atoms with E-state index >= 15 is 0 Å². The van der Waals surface area contributed by atoms with Gasteiger partial charge in [0.15, 0.2) is 0 Å². The Balaban J connectivity index is 2.60. The van der Waals surface area contributed by atoms with Crippen LogP contribution in [0.1, 0.15) is 39.2 Å². The summed E-state index contributed by atoms with van der Waals surface area (Å²) in [4.78, 5) is 35.6. The molecule has 0 saturated heterocycles. The summed E-state index contributed by atoms with van der Waals surface area (Å²) in [7, 11) is 1.20. The lowest BCUT2D eigenvalue weighted by molar-refractivity contribution is -0.155. The van der Waals surface area contributed by atoms with Crippen LogP contribution in [0.2, 0.25) is 0 Å². The molecule has 0 aliphatic carbocycles. The first-order valence-electron chi connectivity index (χ1n) is 7.94. The fourth-order valence-electron chi connectivity index (χ4n) is 2.08. The monoisotopic (exact) mass is 353 g/mol. The molecule has 1 amide bonds. The molecule has 7 heteroatoms. The van der Waals surface area contributed by atoms with Crippen LogP contribution in [-0.4, -0.2) is 36.6 Å². The minimum absolute atomic E-state index is 0.0137. The van der Waals surface area contributed by atoms with E-state index in [9.17, 15) is 18.8 Å². The molecule has 0 bridgehead atoms. The zero-order valence-electron chi connectivity index (χ0n) is 14.9. The predicted molar refractivity (Wildman–Crippen MR) is 89.1 cm³/mol. The first-order valence-corrected chi connectivity index (χ1v) is 7.94. The van der Waals surface area contributed by atoms with E-state index in [-0.39, 0.29) is 19.3 Å². The summed E-state index contributed by atoms with van der Waals surface area (Å²) in [6.07, 6.45) is 0.0187. The summed E-state index contributed by atoms with van der Waals surface area (Å²) in [6, 6.07) is 4.53. The molecule has 0 unspecified atom stereocenters. The molecule has 138 valence electrons. The highest BCUT2D eigenvalue weighted by molar-refractivity contribution is 5.86. The first kappa shape index (κ1) is 20.6. The molecule has 0 spiro atoms. The van der Waals surface area contributed by atoms with E-state index in [1.54, 1.807) is 20.8 Å². The lowest BCUT2D eigenvalue weighted by Crippen LogP contribution is -2.42. The standard InChI is InChI=1S/C18H24FNO5/c1-18(2,3)25-16(22)10-9-14(17(23)24-4)20-15(21)11-12-5-7-13(19)8-6-12/h5-8,14H,9-11H2,1-4H3,(H,20,21)/t14-/m1/s1. The van der Waals surface area contributed by atoms with E-state index in [1.807, 2.05) is 0 Å². The maximum Gasteiger partial charge on any atom is 0.328 e. The van der Waals surface area contributed by atoms with Crippen LogP contribution in [0.25, 0.3) is 0 Å². The Kier molecular flexibility index (Phi) is 7.54. The van der Waals surface area contributed by atoms with E-state index in [0.29, 0.717) is 5.56 Å². The molecule has 1 aromatic carbocycles. The number of hydrogen-bond acceptors (Lipinski definition) is 5. The Morgan fingerprint density at radius 2 is 1.76 bits per heavy atom. The first-order chi connectivity index (χ1) is 11.6. The third-order valence-electron chi connectivity index (χ3n) is 3.16. The lowest BCUT2D eigenvalue weighted by Gasteiger charge is -2.21. The van der Waals surface area contributed by atoms with Gasteiger partial charge in [-0.1, -0.05) is 12.1 Å². The van der Waals surface area contributed by atoms with Gasteiger partial charge >= 0.3 is 11.9 Å². The molecule has 1 N–H and O–H groups in total. The number of hydrogen-bond donors (Lipinski definition) is 1. The van der Waals surface area contributed by atoms with Crippen molar-refractivity contribution in [1.82, 2.24) is 5.32 Å². The van der Waals surface area contributed by atoms with Crippen molar-refractivity contribution in [3.8, 4) is 0 Å². The van der Waals surface area contributed by atoms with Crippen molar-refractivity contribution in [2.24, 2.45) is 0 Å². The fraction of sp³-hybridized carbons (Fsp3) is 0.500. The number of rotatable bonds is 7. The Labute approximate surface area is 146 Å². The molecule has 0 heterocycles. The van der Waals surface area contributed by atoms with Gasteiger partial charge in [-0.05, 0) is 44.9 Å². The summed E-state index contributed by atoms with van der Waals surface area (Å²) in [5.74, 6) is -1.93. The summed E-state index contributed by atoms with van der Waals surface area (Å²) in [5, 5.41) is 2.53. The van der Waals surface area contributed by atoms with Crippen LogP contribution in [0, 0.1) is 5.82 Å². The molecule has 25 heavy (non-hydrogen) atoms. The van der Waals surface area contributed by atoms with Gasteiger partial charge in [-0.25, -0.2) is 9.18 Å². The van der Waals surface area contributed by atoms with E-state index in [2.05, 4.69) is 10.1 Å². The normalized spacial score (nSPS) is 12.2. The molecule has 0 aliphatic rings. The van der Waals surface area contributed by atoms with E-state index < -0.39 is 35.3 Å². The summed E-state index contributed by atoms with van der Waals surface area (Å²) in [6.45, 7) is 5.23. The lowest BCUT2D eigenvalue weighted by atomic mass is 10.1. The number of nitrogens with one attached hydrogen (secondary N) is 1. The van der Waals surface area contributed by atoms with Gasteiger partial charge in [-0.15, -0.1) is 0 Å². The minimum atomic E-state index is -0.953. The van der Waals surface area contributed by atoms with Gasteiger partial charge < -0.3 is 14.8 Å². The highest BCUT2D eigenvalue weighted by Crippen LogP contribution is 2.11. The summed E-state index contributed by atoms with van der Waals surface area (Å²) < 4.78 is 22.7. The SMILES string of the molecule is COC(=O)[C@@H](CCC(=O)OC(C)(C)C)NC(=O)Cc1ccc(F)cc1. The highest BCUT2D eigenvalue weighted by atomic mass is 19.1. The second-order valence-electron chi connectivity index (χ2n) is 6.57. The van der Waals surface area contributed by atoms with Gasteiger partial charge in [0.25, 0.3) is 0 Å². The third-order valence-corrected chi connectivity index (χ3v) is 3.16. The Bertz CT molecular complexity index is 607. The summed E-state index contributed by atoms with van der Waals surface area (Å²) in [5.41, 5.74) is -0.0152. The fourth-order valence-corrected chi connectivity index (χ4v) is 2.08. The molecule has 1 rings (SSSR count). The maximum absolute atomic E-state index is 12.9. The van der Waals surface area contributed by atoms with Gasteiger partial charge in [0.2, 0.25) is 5.91 Å². The number of amides is 1. The molecular weight excluding hydrogens is 329 g/mol. The van der Waals surface area contributed by atoms with Crippen LogP contribution in [0.4, 0.5) is 4.39 Å². The van der Waals surface area contributed by atoms with Gasteiger partial charge in [-0.3, -0.25) is 9.59 Å². The van der Waals surface area contributed by atoms with E-state index in [0.717, 1.165) is 0 Å². The molecule has 0 aromatic heterocycles. The zero-order chi connectivity index (χ0) is 19.0. The van der Waals surface area contributed by atoms with Gasteiger partial charge in [0.05, 0.1) is 13.5 Å². The van der Waals surface area contributed by atoms with Crippen molar-refractivity contribution in [2.45, 2.75) is 51.7 Å². The molecule has 0 aliphatic heterocycles. The quantitative estimate of drug-likeness (QED) is 0.760. The van der Waals surface area contributed by atoms with Crippen molar-refractivity contribution >= 4 is 17.8 Å². The van der Waals surface area contributed by atoms with E-state index in [4.69, 9.17) is 4.74 Å². The number of esters is 2. The van der Waals surface area contributed by atoms with Crippen molar-refractivity contribution < 1.29 is 28.2 Å². The minimum Gasteiger partial charge on any atom is -0.467 e. The van der Waals surface area contributed by atoms with Gasteiger partial charge in [-0.2, -0.15) is 0 Å². The average Bonchev–Trinajstić information content (AvgIpc) is 2.51. The Morgan fingerprint density at radius 3 is 2.28 bits per heavy atom. The van der Waals surface area contributed by atoms with Crippen LogP contribution in [0.5, 0.6) is 0 Å². The number of carbonyl (C=O) groups is 3.